The van der Waals surface area contributed by atoms with E-state index in [4.69, 9.17) is 15.7 Å². The van der Waals surface area contributed by atoms with E-state index in [1.807, 2.05) is 54.6 Å². The molecular formula is C18H13N3OS. The second-order valence-corrected chi connectivity index (χ2v) is 5.74. The van der Waals surface area contributed by atoms with Crippen LogP contribution >= 0.6 is 12.6 Å². The summed E-state index contributed by atoms with van der Waals surface area (Å²) in [6.07, 6.45) is 0. The molecule has 112 valence electrons. The number of thiol groups is 1. The Bertz CT molecular complexity index is 967. The van der Waals surface area contributed by atoms with Gasteiger partial charge in [0, 0.05) is 16.0 Å². The Hall–Kier alpha value is -2.79. The lowest BCUT2D eigenvalue weighted by Gasteiger charge is -2.19. The highest BCUT2D eigenvalue weighted by Crippen LogP contribution is 2.32. The second kappa shape index (κ2) is 5.14. The van der Waals surface area contributed by atoms with E-state index in [1.165, 1.54) is 5.06 Å². The fourth-order valence-corrected chi connectivity index (χ4v) is 2.97. The van der Waals surface area contributed by atoms with Gasteiger partial charge >= 0.3 is 0 Å². The Morgan fingerprint density at radius 1 is 0.826 bits per heavy atom. The van der Waals surface area contributed by atoms with Crippen LogP contribution in [0.25, 0.3) is 10.8 Å². The first-order valence-electron chi connectivity index (χ1n) is 7.12. The molecule has 0 saturated carbocycles. The molecule has 4 nitrogen and oxygen atoms in total. The zero-order valence-electron chi connectivity index (χ0n) is 12.1. The molecule has 0 bridgehead atoms. The number of hydrogen-bond donors (Lipinski definition) is 3. The van der Waals surface area contributed by atoms with Crippen molar-refractivity contribution >= 4 is 35.1 Å². The molecule has 0 aliphatic carbocycles. The molecule has 1 aliphatic rings. The average molecular weight is 319 g/mol. The van der Waals surface area contributed by atoms with Gasteiger partial charge in [0.05, 0.1) is 0 Å². The predicted molar refractivity (Wildman–Crippen MR) is 93.8 cm³/mol. The van der Waals surface area contributed by atoms with Gasteiger partial charge in [-0.3, -0.25) is 10.8 Å². The van der Waals surface area contributed by atoms with Crippen LogP contribution in [0.2, 0.25) is 0 Å². The first-order valence-corrected chi connectivity index (χ1v) is 7.57. The zero-order valence-corrected chi connectivity index (χ0v) is 13.0. The van der Waals surface area contributed by atoms with E-state index in [0.29, 0.717) is 16.2 Å². The number of hydroxylamine groups is 2. The van der Waals surface area contributed by atoms with Crippen LogP contribution in [0.5, 0.6) is 5.75 Å². The van der Waals surface area contributed by atoms with Crippen molar-refractivity contribution in [3.63, 3.8) is 0 Å². The van der Waals surface area contributed by atoms with E-state index in [2.05, 4.69) is 12.6 Å². The van der Waals surface area contributed by atoms with Crippen LogP contribution in [0.1, 0.15) is 11.1 Å². The topological polar surface area (TPSA) is 60.2 Å². The van der Waals surface area contributed by atoms with Crippen LogP contribution in [0, 0.1) is 10.8 Å². The summed E-state index contributed by atoms with van der Waals surface area (Å²) in [5.41, 5.74) is 1.43. The highest BCUT2D eigenvalue weighted by atomic mass is 32.1. The maximum absolute atomic E-state index is 8.46. The second-order valence-electron chi connectivity index (χ2n) is 5.26. The Kier molecular flexibility index (Phi) is 3.09. The van der Waals surface area contributed by atoms with Crippen molar-refractivity contribution in [1.82, 2.24) is 5.06 Å². The number of benzene rings is 3. The fourth-order valence-electron chi connectivity index (χ4n) is 2.77. The molecule has 1 aliphatic heterocycles. The van der Waals surface area contributed by atoms with Crippen molar-refractivity contribution in [2.24, 2.45) is 0 Å². The first kappa shape index (κ1) is 13.8. The van der Waals surface area contributed by atoms with E-state index in [9.17, 15) is 0 Å². The van der Waals surface area contributed by atoms with Crippen molar-refractivity contribution in [2.45, 2.75) is 4.90 Å². The summed E-state index contributed by atoms with van der Waals surface area (Å²) in [7, 11) is 0. The summed E-state index contributed by atoms with van der Waals surface area (Å²) in [5.74, 6) is 0.841. The van der Waals surface area contributed by atoms with Gasteiger partial charge < -0.3 is 4.84 Å². The summed E-state index contributed by atoms with van der Waals surface area (Å²) in [6.45, 7) is 0. The molecule has 1 heterocycles. The van der Waals surface area contributed by atoms with Crippen LogP contribution in [-0.4, -0.2) is 16.7 Å². The number of amidine groups is 2. The van der Waals surface area contributed by atoms with Crippen LogP contribution in [-0.2, 0) is 0 Å². The maximum Gasteiger partial charge on any atom is 0.172 e. The summed E-state index contributed by atoms with van der Waals surface area (Å²) >= 11 is 4.36. The minimum absolute atomic E-state index is 0.160. The third-order valence-electron chi connectivity index (χ3n) is 3.88. The predicted octanol–water partition coefficient (Wildman–Crippen LogP) is 4.09. The van der Waals surface area contributed by atoms with Gasteiger partial charge in [-0.2, -0.15) is 0 Å². The van der Waals surface area contributed by atoms with Gasteiger partial charge in [-0.15, -0.1) is 17.7 Å². The normalized spacial score (nSPS) is 13.5. The van der Waals surface area contributed by atoms with Crippen molar-refractivity contribution in [3.05, 3.63) is 71.8 Å². The SMILES string of the molecule is N=C1c2ccc3ccccc3c2C(=N)N1Oc1ccccc1S. The largest absolute Gasteiger partial charge is 0.371 e. The number of rotatable bonds is 2. The molecule has 0 atom stereocenters. The van der Waals surface area contributed by atoms with Gasteiger partial charge in [0.1, 0.15) is 0 Å². The monoisotopic (exact) mass is 319 g/mol. The Morgan fingerprint density at radius 2 is 1.57 bits per heavy atom. The summed E-state index contributed by atoms with van der Waals surface area (Å²) in [6, 6.07) is 19.0. The fraction of sp³-hybridized carbons (Fsp3) is 0. The quantitative estimate of drug-likeness (QED) is 0.623. The van der Waals surface area contributed by atoms with Crippen molar-refractivity contribution in [2.75, 3.05) is 0 Å². The highest BCUT2D eigenvalue weighted by Gasteiger charge is 2.33. The lowest BCUT2D eigenvalue weighted by molar-refractivity contribution is 0.0957. The third kappa shape index (κ3) is 2.09. The molecule has 3 aromatic rings. The van der Waals surface area contributed by atoms with Gasteiger partial charge in [-0.1, -0.05) is 42.5 Å². The van der Waals surface area contributed by atoms with Crippen molar-refractivity contribution < 1.29 is 4.84 Å². The number of fused-ring (bicyclic) bond motifs is 3. The van der Waals surface area contributed by atoms with Crippen molar-refractivity contribution in [3.8, 4) is 5.75 Å². The van der Waals surface area contributed by atoms with E-state index in [0.717, 1.165) is 16.3 Å². The molecule has 0 aromatic heterocycles. The molecule has 0 fully saturated rings. The first-order chi connectivity index (χ1) is 11.2. The summed E-state index contributed by atoms with van der Waals surface area (Å²) in [4.78, 5) is 6.43. The molecule has 0 saturated heterocycles. The molecule has 0 spiro atoms. The minimum Gasteiger partial charge on any atom is -0.371 e. The molecule has 3 aromatic carbocycles. The van der Waals surface area contributed by atoms with Gasteiger partial charge in [-0.05, 0) is 29.0 Å². The van der Waals surface area contributed by atoms with E-state index >= 15 is 0 Å². The van der Waals surface area contributed by atoms with Gasteiger partial charge in [0.2, 0.25) is 0 Å². The number of para-hydroxylation sites is 1. The highest BCUT2D eigenvalue weighted by molar-refractivity contribution is 7.80. The third-order valence-corrected chi connectivity index (χ3v) is 4.25. The standard InChI is InChI=1S/C18H13N3OS/c19-17-13-10-9-11-5-1-2-6-12(11)16(13)18(20)21(17)22-14-7-3-4-8-15(14)23/h1-10,19-20,23H. The molecular weight excluding hydrogens is 306 g/mol. The summed E-state index contributed by atoms with van der Waals surface area (Å²) in [5, 5.41) is 20.0. The average Bonchev–Trinajstić information content (AvgIpc) is 2.82. The Morgan fingerprint density at radius 3 is 2.39 bits per heavy atom. The number of hydrogen-bond acceptors (Lipinski definition) is 4. The molecule has 0 radical (unpaired) electrons. The molecule has 0 unspecified atom stereocenters. The molecule has 23 heavy (non-hydrogen) atoms. The number of nitrogens with one attached hydrogen (secondary N) is 2. The molecule has 2 N–H and O–H groups in total. The van der Waals surface area contributed by atoms with Crippen LogP contribution in [0.4, 0.5) is 0 Å². The van der Waals surface area contributed by atoms with E-state index in [-0.39, 0.29) is 11.7 Å². The van der Waals surface area contributed by atoms with Crippen molar-refractivity contribution in [1.29, 1.82) is 10.8 Å². The Labute approximate surface area is 138 Å². The van der Waals surface area contributed by atoms with Gasteiger partial charge in [-0.25, -0.2) is 0 Å². The van der Waals surface area contributed by atoms with Gasteiger partial charge in [0.25, 0.3) is 0 Å². The van der Waals surface area contributed by atoms with Crippen LogP contribution in [0.3, 0.4) is 0 Å². The zero-order chi connectivity index (χ0) is 16.0. The molecule has 5 heteroatoms. The lowest BCUT2D eigenvalue weighted by Crippen LogP contribution is -2.33. The maximum atomic E-state index is 8.46. The number of nitrogens with zero attached hydrogens (tertiary/aromatic N) is 1. The smallest absolute Gasteiger partial charge is 0.172 e. The lowest BCUT2D eigenvalue weighted by atomic mass is 10.0. The minimum atomic E-state index is 0.160. The Balaban J connectivity index is 1.81. The molecule has 4 rings (SSSR count). The van der Waals surface area contributed by atoms with Gasteiger partial charge in [0.15, 0.2) is 17.4 Å². The van der Waals surface area contributed by atoms with Crippen LogP contribution in [0.15, 0.2) is 65.6 Å². The summed E-state index contributed by atoms with van der Waals surface area (Å²) < 4.78 is 0. The van der Waals surface area contributed by atoms with Crippen LogP contribution < -0.4 is 4.84 Å². The molecule has 0 amide bonds. The van der Waals surface area contributed by atoms with E-state index < -0.39 is 0 Å². The van der Waals surface area contributed by atoms with E-state index in [1.54, 1.807) is 6.07 Å².